The Morgan fingerprint density at radius 2 is 2.00 bits per heavy atom. The number of hydrogen-bond acceptors (Lipinski definition) is 3. The molecule has 24 heavy (non-hydrogen) atoms. The van der Waals surface area contributed by atoms with Crippen LogP contribution < -0.4 is 11.1 Å². The predicted molar refractivity (Wildman–Crippen MR) is 110 cm³/mol. The van der Waals surface area contributed by atoms with E-state index in [1.165, 1.54) is 25.9 Å². The van der Waals surface area contributed by atoms with Crippen LogP contribution in [0.15, 0.2) is 4.99 Å². The fourth-order valence-corrected chi connectivity index (χ4v) is 3.89. The lowest BCUT2D eigenvalue weighted by Gasteiger charge is -2.36. The average molecular weight is 451 g/mol. The Hall–Kier alpha value is -0.570. The summed E-state index contributed by atoms with van der Waals surface area (Å²) in [6, 6.07) is 0.584. The van der Waals surface area contributed by atoms with Gasteiger partial charge in [0.2, 0.25) is 5.91 Å². The third-order valence-electron chi connectivity index (χ3n) is 5.14. The molecular weight excluding hydrogens is 417 g/mol. The van der Waals surface area contributed by atoms with E-state index in [-0.39, 0.29) is 29.9 Å². The SMILES string of the molecule is CCC(CNC(=NC)N1CCCC(CC(N)=O)C1)N1CCCC1.I. The lowest BCUT2D eigenvalue weighted by atomic mass is 9.95. The Balaban J connectivity index is 0.00000288. The molecule has 1 amide bonds. The van der Waals surface area contributed by atoms with Gasteiger partial charge in [0, 0.05) is 39.1 Å². The minimum atomic E-state index is -0.195. The van der Waals surface area contributed by atoms with Gasteiger partial charge in [-0.2, -0.15) is 0 Å². The van der Waals surface area contributed by atoms with Gasteiger partial charge in [0.05, 0.1) is 0 Å². The standard InChI is InChI=1S/C17H33N5O.HI/c1-3-15(21-8-4-5-9-21)12-20-17(19-2)22-10-6-7-14(13-22)11-16(18)23;/h14-15H,3-13H2,1-2H3,(H2,18,23)(H,19,20);1H. The quantitative estimate of drug-likeness (QED) is 0.366. The molecule has 2 fully saturated rings. The van der Waals surface area contributed by atoms with Crippen molar-refractivity contribution in [2.24, 2.45) is 16.6 Å². The molecule has 6 nitrogen and oxygen atoms in total. The van der Waals surface area contributed by atoms with Crippen LogP contribution in [-0.4, -0.2) is 67.5 Å². The minimum absolute atomic E-state index is 0. The summed E-state index contributed by atoms with van der Waals surface area (Å²) in [7, 11) is 1.84. The molecule has 2 aliphatic rings. The van der Waals surface area contributed by atoms with Gasteiger partial charge in [0.25, 0.3) is 0 Å². The number of hydrogen-bond donors (Lipinski definition) is 2. The molecule has 2 heterocycles. The van der Waals surface area contributed by atoms with E-state index in [0.29, 0.717) is 18.4 Å². The summed E-state index contributed by atoms with van der Waals surface area (Å²) in [6.45, 7) is 7.54. The van der Waals surface area contributed by atoms with Crippen molar-refractivity contribution in [2.45, 2.75) is 51.5 Å². The zero-order chi connectivity index (χ0) is 16.7. The lowest BCUT2D eigenvalue weighted by molar-refractivity contribution is -0.119. The highest BCUT2D eigenvalue weighted by atomic mass is 127. The number of carbonyl (C=O) groups excluding carboxylic acids is 1. The van der Waals surface area contributed by atoms with Crippen molar-refractivity contribution >= 4 is 35.8 Å². The maximum atomic E-state index is 11.2. The molecule has 0 aromatic rings. The largest absolute Gasteiger partial charge is 0.370 e. The van der Waals surface area contributed by atoms with Crippen molar-refractivity contribution in [1.82, 2.24) is 15.1 Å². The van der Waals surface area contributed by atoms with Gasteiger partial charge in [-0.1, -0.05) is 6.92 Å². The van der Waals surface area contributed by atoms with Crippen molar-refractivity contribution in [3.05, 3.63) is 0 Å². The first-order valence-electron chi connectivity index (χ1n) is 9.12. The van der Waals surface area contributed by atoms with E-state index in [2.05, 4.69) is 27.0 Å². The Labute approximate surface area is 163 Å². The van der Waals surface area contributed by atoms with E-state index >= 15 is 0 Å². The number of nitrogens with two attached hydrogens (primary N) is 1. The Bertz CT molecular complexity index is 412. The van der Waals surface area contributed by atoms with Crippen LogP contribution in [0.5, 0.6) is 0 Å². The molecule has 0 aliphatic carbocycles. The Morgan fingerprint density at radius 1 is 1.29 bits per heavy atom. The van der Waals surface area contributed by atoms with E-state index in [1.54, 1.807) is 0 Å². The second-order valence-electron chi connectivity index (χ2n) is 6.86. The van der Waals surface area contributed by atoms with Crippen molar-refractivity contribution in [1.29, 1.82) is 0 Å². The number of rotatable bonds is 6. The Kier molecular flexibility index (Phi) is 9.95. The number of likely N-dealkylation sites (tertiary alicyclic amines) is 2. The molecule has 0 aromatic heterocycles. The maximum Gasteiger partial charge on any atom is 0.217 e. The molecule has 2 unspecified atom stereocenters. The van der Waals surface area contributed by atoms with Crippen LogP contribution in [-0.2, 0) is 4.79 Å². The highest BCUT2D eigenvalue weighted by Gasteiger charge is 2.25. The summed E-state index contributed by atoms with van der Waals surface area (Å²) >= 11 is 0. The van der Waals surface area contributed by atoms with Gasteiger partial charge in [-0.15, -0.1) is 24.0 Å². The molecule has 2 rings (SSSR count). The van der Waals surface area contributed by atoms with Gasteiger partial charge < -0.3 is 16.0 Å². The number of nitrogens with zero attached hydrogens (tertiary/aromatic N) is 3. The number of primary amides is 1. The molecule has 3 N–H and O–H groups in total. The van der Waals surface area contributed by atoms with Crippen molar-refractivity contribution in [3.63, 3.8) is 0 Å². The number of aliphatic imine (C=N–C) groups is 1. The van der Waals surface area contributed by atoms with Gasteiger partial charge in [0.15, 0.2) is 5.96 Å². The van der Waals surface area contributed by atoms with Crippen LogP contribution >= 0.6 is 24.0 Å². The topological polar surface area (TPSA) is 74.0 Å². The third-order valence-corrected chi connectivity index (χ3v) is 5.14. The molecule has 140 valence electrons. The monoisotopic (exact) mass is 451 g/mol. The summed E-state index contributed by atoms with van der Waals surface area (Å²) in [4.78, 5) is 20.5. The average Bonchev–Trinajstić information content (AvgIpc) is 3.05. The molecule has 2 saturated heterocycles. The Morgan fingerprint density at radius 3 is 2.58 bits per heavy atom. The second-order valence-corrected chi connectivity index (χ2v) is 6.86. The van der Waals surface area contributed by atoms with E-state index in [4.69, 9.17) is 5.73 Å². The van der Waals surface area contributed by atoms with Crippen LogP contribution in [0.1, 0.15) is 45.4 Å². The fourth-order valence-electron chi connectivity index (χ4n) is 3.89. The number of carbonyl (C=O) groups is 1. The zero-order valence-corrected chi connectivity index (χ0v) is 17.5. The normalized spacial score (nSPS) is 23.7. The number of amides is 1. The van der Waals surface area contributed by atoms with E-state index in [9.17, 15) is 4.79 Å². The molecular formula is C17H34IN5O. The van der Waals surface area contributed by atoms with E-state index in [0.717, 1.165) is 44.9 Å². The molecule has 2 aliphatic heterocycles. The third kappa shape index (κ3) is 6.38. The van der Waals surface area contributed by atoms with Crippen LogP contribution in [0.2, 0.25) is 0 Å². The van der Waals surface area contributed by atoms with Crippen LogP contribution in [0.4, 0.5) is 0 Å². The smallest absolute Gasteiger partial charge is 0.217 e. The molecule has 7 heteroatoms. The first kappa shape index (κ1) is 21.5. The number of halogens is 1. The van der Waals surface area contributed by atoms with Gasteiger partial charge in [0.1, 0.15) is 0 Å². The zero-order valence-electron chi connectivity index (χ0n) is 15.2. The summed E-state index contributed by atoms with van der Waals surface area (Å²) in [5.41, 5.74) is 5.35. The summed E-state index contributed by atoms with van der Waals surface area (Å²) in [6.07, 6.45) is 6.48. The summed E-state index contributed by atoms with van der Waals surface area (Å²) in [5, 5.41) is 3.56. The summed E-state index contributed by atoms with van der Waals surface area (Å²) < 4.78 is 0. The van der Waals surface area contributed by atoms with Crippen molar-refractivity contribution < 1.29 is 4.79 Å². The lowest BCUT2D eigenvalue weighted by Crippen LogP contribution is -2.50. The molecule has 0 aromatic carbocycles. The molecule has 0 saturated carbocycles. The minimum Gasteiger partial charge on any atom is -0.370 e. The number of guanidine groups is 1. The van der Waals surface area contributed by atoms with Crippen LogP contribution in [0.3, 0.4) is 0 Å². The maximum absolute atomic E-state index is 11.2. The molecule has 0 spiro atoms. The van der Waals surface area contributed by atoms with Crippen molar-refractivity contribution in [2.75, 3.05) is 39.8 Å². The van der Waals surface area contributed by atoms with Gasteiger partial charge in [-0.05, 0) is 51.1 Å². The van der Waals surface area contributed by atoms with E-state index < -0.39 is 0 Å². The van der Waals surface area contributed by atoms with Gasteiger partial charge >= 0.3 is 0 Å². The van der Waals surface area contributed by atoms with Crippen LogP contribution in [0, 0.1) is 5.92 Å². The molecule has 0 bridgehead atoms. The van der Waals surface area contributed by atoms with Crippen LogP contribution in [0.25, 0.3) is 0 Å². The predicted octanol–water partition coefficient (Wildman–Crippen LogP) is 1.64. The highest BCUT2D eigenvalue weighted by molar-refractivity contribution is 14.0. The fraction of sp³-hybridized carbons (Fsp3) is 0.882. The van der Waals surface area contributed by atoms with Gasteiger partial charge in [-0.25, -0.2) is 0 Å². The van der Waals surface area contributed by atoms with E-state index in [1.807, 2.05) is 7.05 Å². The molecule has 2 atom stereocenters. The molecule has 0 radical (unpaired) electrons. The second kappa shape index (κ2) is 11.1. The van der Waals surface area contributed by atoms with Crippen molar-refractivity contribution in [3.8, 4) is 0 Å². The number of piperidine rings is 1. The van der Waals surface area contributed by atoms with Gasteiger partial charge in [-0.3, -0.25) is 14.7 Å². The number of nitrogens with one attached hydrogen (secondary N) is 1. The summed E-state index contributed by atoms with van der Waals surface area (Å²) in [5.74, 6) is 1.14. The first-order chi connectivity index (χ1) is 11.1. The highest BCUT2D eigenvalue weighted by Crippen LogP contribution is 2.19. The first-order valence-corrected chi connectivity index (χ1v) is 9.12.